The second-order valence-electron chi connectivity index (χ2n) is 6.38. The van der Waals surface area contributed by atoms with Crippen LogP contribution in [0.4, 0.5) is 5.69 Å². The molecular formula is C19H22N4O2S. The monoisotopic (exact) mass is 370 g/mol. The zero-order chi connectivity index (χ0) is 18.7. The van der Waals surface area contributed by atoms with Crippen molar-refractivity contribution in [1.29, 1.82) is 0 Å². The minimum absolute atomic E-state index is 0.240. The van der Waals surface area contributed by atoms with Crippen LogP contribution in [-0.4, -0.2) is 23.4 Å². The lowest BCUT2D eigenvalue weighted by Gasteiger charge is -2.12. The van der Waals surface area contributed by atoms with Gasteiger partial charge in [-0.3, -0.25) is 4.72 Å². The molecule has 6 nitrogen and oxygen atoms in total. The van der Waals surface area contributed by atoms with Crippen LogP contribution in [-0.2, 0) is 16.4 Å². The van der Waals surface area contributed by atoms with E-state index in [1.807, 2.05) is 25.1 Å². The number of sulfonamides is 1. The van der Waals surface area contributed by atoms with Gasteiger partial charge < -0.3 is 0 Å². The normalized spacial score (nSPS) is 11.7. The second-order valence-corrected chi connectivity index (χ2v) is 8.06. The fourth-order valence-corrected chi connectivity index (χ4v) is 3.71. The van der Waals surface area contributed by atoms with Crippen LogP contribution in [0.25, 0.3) is 5.69 Å². The number of hydrogen-bond donors (Lipinski definition) is 1. The highest BCUT2D eigenvalue weighted by Crippen LogP contribution is 2.22. The summed E-state index contributed by atoms with van der Waals surface area (Å²) in [5.41, 5.74) is 3.29. The molecule has 0 radical (unpaired) electrons. The van der Waals surface area contributed by atoms with Crippen molar-refractivity contribution in [3.05, 3.63) is 66.0 Å². The van der Waals surface area contributed by atoms with E-state index in [1.54, 1.807) is 41.2 Å². The summed E-state index contributed by atoms with van der Waals surface area (Å²) in [6.07, 6.45) is 2.59. The van der Waals surface area contributed by atoms with E-state index >= 15 is 0 Å². The van der Waals surface area contributed by atoms with Gasteiger partial charge >= 0.3 is 0 Å². The van der Waals surface area contributed by atoms with E-state index in [4.69, 9.17) is 0 Å². The van der Waals surface area contributed by atoms with Gasteiger partial charge in [0.05, 0.1) is 28.2 Å². The zero-order valence-corrected chi connectivity index (χ0v) is 15.9. The summed E-state index contributed by atoms with van der Waals surface area (Å²) in [6, 6.07) is 14.0. The van der Waals surface area contributed by atoms with E-state index in [0.29, 0.717) is 5.69 Å². The van der Waals surface area contributed by atoms with Crippen molar-refractivity contribution in [2.75, 3.05) is 4.72 Å². The average Bonchev–Trinajstić information content (AvgIpc) is 3.12. The number of rotatable bonds is 6. The smallest absolute Gasteiger partial charge is 0.261 e. The summed E-state index contributed by atoms with van der Waals surface area (Å²) in [7, 11) is -3.65. The molecule has 1 aromatic heterocycles. The molecule has 1 N–H and O–H groups in total. The Morgan fingerprint density at radius 1 is 1.12 bits per heavy atom. The predicted octanol–water partition coefficient (Wildman–Crippen LogP) is 3.75. The number of aromatic nitrogens is 3. The van der Waals surface area contributed by atoms with Gasteiger partial charge in [-0.1, -0.05) is 44.2 Å². The summed E-state index contributed by atoms with van der Waals surface area (Å²) in [6.45, 7) is 6.15. The Morgan fingerprint density at radius 2 is 1.85 bits per heavy atom. The van der Waals surface area contributed by atoms with E-state index in [2.05, 4.69) is 28.9 Å². The van der Waals surface area contributed by atoms with Gasteiger partial charge in [-0.25, -0.2) is 13.1 Å². The zero-order valence-electron chi connectivity index (χ0n) is 15.0. The van der Waals surface area contributed by atoms with Crippen molar-refractivity contribution in [3.8, 4) is 5.69 Å². The van der Waals surface area contributed by atoms with Crippen molar-refractivity contribution < 1.29 is 8.42 Å². The third-order valence-electron chi connectivity index (χ3n) is 4.15. The van der Waals surface area contributed by atoms with Gasteiger partial charge in [0, 0.05) is 0 Å². The molecule has 0 aliphatic rings. The SMILES string of the molecule is CCc1ccc(S(=O)(=O)Nc2cccc(-n3nncc3C(C)C)c2)cc1. The molecule has 0 saturated carbocycles. The van der Waals surface area contributed by atoms with Crippen LogP contribution in [0.15, 0.2) is 59.6 Å². The Hall–Kier alpha value is -2.67. The maximum atomic E-state index is 12.6. The molecule has 7 heteroatoms. The number of nitrogens with zero attached hydrogens (tertiary/aromatic N) is 3. The molecule has 0 aliphatic carbocycles. The van der Waals surface area contributed by atoms with Gasteiger partial charge in [0.25, 0.3) is 10.0 Å². The lowest BCUT2D eigenvalue weighted by atomic mass is 10.1. The highest BCUT2D eigenvalue weighted by Gasteiger charge is 2.15. The first-order valence-electron chi connectivity index (χ1n) is 8.53. The quantitative estimate of drug-likeness (QED) is 0.717. The van der Waals surface area contributed by atoms with Gasteiger partial charge in [-0.15, -0.1) is 5.10 Å². The molecular weight excluding hydrogens is 348 g/mol. The number of aryl methyl sites for hydroxylation is 1. The van der Waals surface area contributed by atoms with Gasteiger partial charge in [-0.05, 0) is 48.2 Å². The molecule has 0 saturated heterocycles. The van der Waals surface area contributed by atoms with Gasteiger partial charge in [0.15, 0.2) is 0 Å². The van der Waals surface area contributed by atoms with Crippen molar-refractivity contribution in [2.24, 2.45) is 0 Å². The van der Waals surface area contributed by atoms with Crippen molar-refractivity contribution in [2.45, 2.75) is 38.0 Å². The second kappa shape index (κ2) is 7.29. The molecule has 3 aromatic rings. The first-order chi connectivity index (χ1) is 12.4. The van der Waals surface area contributed by atoms with Crippen molar-refractivity contribution in [1.82, 2.24) is 15.0 Å². The summed E-state index contributed by atoms with van der Waals surface area (Å²) in [4.78, 5) is 0.240. The molecule has 0 unspecified atom stereocenters. The molecule has 0 spiro atoms. The van der Waals surface area contributed by atoms with Crippen LogP contribution in [0.2, 0.25) is 0 Å². The fourth-order valence-electron chi connectivity index (χ4n) is 2.66. The van der Waals surface area contributed by atoms with E-state index in [9.17, 15) is 8.42 Å². The molecule has 3 rings (SSSR count). The molecule has 136 valence electrons. The maximum Gasteiger partial charge on any atom is 0.261 e. The lowest BCUT2D eigenvalue weighted by Crippen LogP contribution is -2.13. The molecule has 2 aromatic carbocycles. The lowest BCUT2D eigenvalue weighted by molar-refractivity contribution is 0.601. The predicted molar refractivity (Wildman–Crippen MR) is 102 cm³/mol. The summed E-state index contributed by atoms with van der Waals surface area (Å²) in [5, 5.41) is 8.07. The summed E-state index contributed by atoms with van der Waals surface area (Å²) < 4.78 is 29.6. The number of anilines is 1. The van der Waals surface area contributed by atoms with Crippen molar-refractivity contribution in [3.63, 3.8) is 0 Å². The van der Waals surface area contributed by atoms with E-state index in [0.717, 1.165) is 23.4 Å². The van der Waals surface area contributed by atoms with Gasteiger partial charge in [0.1, 0.15) is 0 Å². The molecule has 0 fully saturated rings. The Labute approximate surface area is 153 Å². The van der Waals surface area contributed by atoms with Crippen LogP contribution < -0.4 is 4.72 Å². The van der Waals surface area contributed by atoms with Crippen LogP contribution in [0, 0.1) is 0 Å². The van der Waals surface area contributed by atoms with Crippen LogP contribution in [0.1, 0.15) is 37.9 Å². The molecule has 1 heterocycles. The Balaban J connectivity index is 1.89. The standard InChI is InChI=1S/C19H22N4O2S/c1-4-15-8-10-18(11-9-15)26(24,25)21-16-6-5-7-17(12-16)23-19(14(2)3)13-20-22-23/h5-14,21H,4H2,1-3H3. The van der Waals surface area contributed by atoms with Gasteiger partial charge in [0.2, 0.25) is 0 Å². The van der Waals surface area contributed by atoms with E-state index in [1.165, 1.54) is 0 Å². The summed E-state index contributed by atoms with van der Waals surface area (Å²) >= 11 is 0. The number of hydrogen-bond acceptors (Lipinski definition) is 4. The van der Waals surface area contributed by atoms with Crippen LogP contribution >= 0.6 is 0 Å². The summed E-state index contributed by atoms with van der Waals surface area (Å²) in [5.74, 6) is 0.252. The minimum atomic E-state index is -3.65. The Kier molecular flexibility index (Phi) is 5.08. The highest BCUT2D eigenvalue weighted by atomic mass is 32.2. The van der Waals surface area contributed by atoms with Crippen LogP contribution in [0.3, 0.4) is 0 Å². The van der Waals surface area contributed by atoms with E-state index in [-0.39, 0.29) is 10.8 Å². The van der Waals surface area contributed by atoms with Crippen LogP contribution in [0.5, 0.6) is 0 Å². The Bertz CT molecular complexity index is 992. The van der Waals surface area contributed by atoms with Crippen molar-refractivity contribution >= 4 is 15.7 Å². The Morgan fingerprint density at radius 3 is 2.50 bits per heavy atom. The fraction of sp³-hybridized carbons (Fsp3) is 0.263. The number of benzene rings is 2. The topological polar surface area (TPSA) is 76.9 Å². The first-order valence-corrected chi connectivity index (χ1v) is 10.0. The third-order valence-corrected chi connectivity index (χ3v) is 5.55. The maximum absolute atomic E-state index is 12.6. The third kappa shape index (κ3) is 3.77. The van der Waals surface area contributed by atoms with E-state index < -0.39 is 10.0 Å². The highest BCUT2D eigenvalue weighted by molar-refractivity contribution is 7.92. The average molecular weight is 370 g/mol. The molecule has 0 amide bonds. The molecule has 26 heavy (non-hydrogen) atoms. The molecule has 0 atom stereocenters. The number of nitrogens with one attached hydrogen (secondary N) is 1. The van der Waals surface area contributed by atoms with Gasteiger partial charge in [-0.2, -0.15) is 0 Å². The molecule has 0 bridgehead atoms. The minimum Gasteiger partial charge on any atom is -0.280 e. The first kappa shape index (κ1) is 18.1. The molecule has 0 aliphatic heterocycles. The largest absolute Gasteiger partial charge is 0.280 e.